The van der Waals surface area contributed by atoms with Crippen molar-refractivity contribution in [2.75, 3.05) is 19.7 Å². The Morgan fingerprint density at radius 2 is 2.00 bits per heavy atom. The van der Waals surface area contributed by atoms with Gasteiger partial charge in [-0.1, -0.05) is 12.1 Å². The normalized spacial score (nSPS) is 22.1. The number of hydrogen-bond acceptors (Lipinski definition) is 4. The van der Waals surface area contributed by atoms with Crippen LogP contribution < -0.4 is 10.1 Å². The van der Waals surface area contributed by atoms with E-state index in [1.54, 1.807) is 12.1 Å². The zero-order valence-corrected chi connectivity index (χ0v) is 13.9. The minimum atomic E-state index is -1.17. The second kappa shape index (κ2) is 7.27. The third-order valence-electron chi connectivity index (χ3n) is 3.51. The number of likely N-dealkylation sites (tertiary alicyclic amines) is 1. The number of aliphatic hydroxyl groups excluding tert-OH is 1. The second-order valence-electron chi connectivity index (χ2n) is 7.01. The predicted molar refractivity (Wildman–Crippen MR) is 86.0 cm³/mol. The fraction of sp³-hybridized carbons (Fsp3) is 0.588. The molecule has 2 atom stereocenters. The van der Waals surface area contributed by atoms with Gasteiger partial charge in [-0.05, 0) is 38.5 Å². The number of ether oxygens (including phenoxy) is 1. The van der Waals surface area contributed by atoms with Gasteiger partial charge >= 0.3 is 0 Å². The van der Waals surface area contributed by atoms with Crippen LogP contribution in [0.25, 0.3) is 0 Å². The van der Waals surface area contributed by atoms with Crippen molar-refractivity contribution in [1.82, 2.24) is 10.2 Å². The van der Waals surface area contributed by atoms with Crippen molar-refractivity contribution in [3.8, 4) is 5.75 Å². The van der Waals surface area contributed by atoms with E-state index in [1.165, 1.54) is 0 Å². The van der Waals surface area contributed by atoms with Gasteiger partial charge in [0.1, 0.15) is 11.9 Å². The lowest BCUT2D eigenvalue weighted by molar-refractivity contribution is -0.124. The van der Waals surface area contributed by atoms with Crippen LogP contribution in [0.3, 0.4) is 0 Å². The van der Waals surface area contributed by atoms with Crippen molar-refractivity contribution in [2.24, 2.45) is 0 Å². The molecule has 0 saturated carbocycles. The Morgan fingerprint density at radius 1 is 1.35 bits per heavy atom. The van der Waals surface area contributed by atoms with E-state index in [2.05, 4.69) is 5.32 Å². The Balaban J connectivity index is 1.79. The molecule has 0 radical (unpaired) electrons. The van der Waals surface area contributed by atoms with E-state index in [1.807, 2.05) is 37.8 Å². The largest absolute Gasteiger partial charge is 0.484 e. The maximum Gasteiger partial charge on any atom is 0.258 e. The summed E-state index contributed by atoms with van der Waals surface area (Å²) >= 11 is 0. The summed E-state index contributed by atoms with van der Waals surface area (Å²) < 4.78 is 18.7. The van der Waals surface area contributed by atoms with Crippen molar-refractivity contribution in [3.63, 3.8) is 0 Å². The molecule has 1 aliphatic rings. The maximum absolute atomic E-state index is 13.3. The average Bonchev–Trinajstić information content (AvgIpc) is 2.74. The molecule has 2 N–H and O–H groups in total. The van der Waals surface area contributed by atoms with Gasteiger partial charge in [-0.15, -0.1) is 0 Å². The topological polar surface area (TPSA) is 61.8 Å². The highest BCUT2D eigenvalue weighted by atomic mass is 19.1. The number of β-amino-alcohol motifs (C(OH)–C–C–N with tert-alkyl or cyclic N) is 1. The number of aliphatic hydroxyl groups is 1. The standard InChI is InChI=1S/C17H25FN2O3/c1-17(2,3)19-16(22)11-23-13-6-4-12(5-7-13)8-20-9-14(18)15(21)10-20/h4-7,14-15,21H,8-11H2,1-3H3,(H,19,22)/t14-,15-/m1/s1. The number of rotatable bonds is 5. The number of hydrogen-bond donors (Lipinski definition) is 2. The van der Waals surface area contributed by atoms with Crippen molar-refractivity contribution in [3.05, 3.63) is 29.8 Å². The summed E-state index contributed by atoms with van der Waals surface area (Å²) in [5.74, 6) is 0.448. The fourth-order valence-electron chi connectivity index (χ4n) is 2.50. The molecule has 1 fully saturated rings. The monoisotopic (exact) mass is 324 g/mol. The van der Waals surface area contributed by atoms with Crippen LogP contribution in [-0.2, 0) is 11.3 Å². The third-order valence-corrected chi connectivity index (χ3v) is 3.51. The van der Waals surface area contributed by atoms with Crippen molar-refractivity contribution in [2.45, 2.75) is 45.1 Å². The third kappa shape index (κ3) is 5.80. The summed E-state index contributed by atoms with van der Waals surface area (Å²) in [7, 11) is 0. The Morgan fingerprint density at radius 3 is 2.52 bits per heavy atom. The molecule has 6 heteroatoms. The van der Waals surface area contributed by atoms with Crippen molar-refractivity contribution >= 4 is 5.91 Å². The molecular formula is C17H25FN2O3. The van der Waals surface area contributed by atoms with Gasteiger partial charge in [0.2, 0.25) is 0 Å². The molecule has 0 aromatic heterocycles. The van der Waals surface area contributed by atoms with Crippen LogP contribution in [0.5, 0.6) is 5.75 Å². The van der Waals surface area contributed by atoms with Crippen LogP contribution in [0.15, 0.2) is 24.3 Å². The van der Waals surface area contributed by atoms with Gasteiger partial charge in [-0.25, -0.2) is 4.39 Å². The van der Waals surface area contributed by atoms with Crippen molar-refractivity contribution in [1.29, 1.82) is 0 Å². The van der Waals surface area contributed by atoms with Crippen LogP contribution in [-0.4, -0.2) is 53.4 Å². The van der Waals surface area contributed by atoms with Crippen molar-refractivity contribution < 1.29 is 19.0 Å². The summed E-state index contributed by atoms with van der Waals surface area (Å²) in [5.41, 5.74) is 0.733. The van der Waals surface area contributed by atoms with E-state index in [-0.39, 0.29) is 24.6 Å². The molecule has 0 aliphatic carbocycles. The van der Waals surface area contributed by atoms with E-state index in [0.717, 1.165) is 5.56 Å². The minimum absolute atomic E-state index is 0.0293. The fourth-order valence-corrected chi connectivity index (χ4v) is 2.50. The van der Waals surface area contributed by atoms with E-state index in [0.29, 0.717) is 18.8 Å². The van der Waals surface area contributed by atoms with Crippen LogP contribution in [0.1, 0.15) is 26.3 Å². The highest BCUT2D eigenvalue weighted by Crippen LogP contribution is 2.18. The molecule has 0 unspecified atom stereocenters. The molecular weight excluding hydrogens is 299 g/mol. The quantitative estimate of drug-likeness (QED) is 0.861. The predicted octanol–water partition coefficient (Wildman–Crippen LogP) is 1.49. The molecule has 0 bridgehead atoms. The maximum atomic E-state index is 13.3. The summed E-state index contributed by atoms with van der Waals surface area (Å²) in [6.45, 7) is 6.91. The van der Waals surface area contributed by atoms with E-state index in [4.69, 9.17) is 4.74 Å². The summed E-state index contributed by atoms with van der Waals surface area (Å²) in [6, 6.07) is 7.35. The van der Waals surface area contributed by atoms with Crippen LogP contribution in [0.4, 0.5) is 4.39 Å². The SMILES string of the molecule is CC(C)(C)NC(=O)COc1ccc(CN2C[C@@H](O)[C@H](F)C2)cc1. The smallest absolute Gasteiger partial charge is 0.258 e. The lowest BCUT2D eigenvalue weighted by Gasteiger charge is -2.20. The Hall–Kier alpha value is -1.66. The van der Waals surface area contributed by atoms with Gasteiger partial charge in [0, 0.05) is 25.2 Å². The zero-order valence-electron chi connectivity index (χ0n) is 13.9. The molecule has 1 saturated heterocycles. The first-order chi connectivity index (χ1) is 10.7. The van der Waals surface area contributed by atoms with Crippen LogP contribution in [0, 0.1) is 0 Å². The molecule has 1 heterocycles. The lowest BCUT2D eigenvalue weighted by Crippen LogP contribution is -2.43. The van der Waals surface area contributed by atoms with Gasteiger partial charge in [-0.3, -0.25) is 9.69 Å². The molecule has 1 aromatic carbocycles. The number of nitrogens with one attached hydrogen (secondary N) is 1. The minimum Gasteiger partial charge on any atom is -0.484 e. The van der Waals surface area contributed by atoms with E-state index >= 15 is 0 Å². The summed E-state index contributed by atoms with van der Waals surface area (Å²) in [6.07, 6.45) is -2.06. The van der Waals surface area contributed by atoms with Gasteiger partial charge in [0.15, 0.2) is 6.61 Å². The molecule has 1 aromatic rings. The average molecular weight is 324 g/mol. The molecule has 0 spiro atoms. The second-order valence-corrected chi connectivity index (χ2v) is 7.01. The number of benzene rings is 1. The Kier molecular flexibility index (Phi) is 5.59. The first kappa shape index (κ1) is 17.7. The summed E-state index contributed by atoms with van der Waals surface area (Å²) in [4.78, 5) is 13.6. The van der Waals surface area contributed by atoms with Crippen LogP contribution >= 0.6 is 0 Å². The lowest BCUT2D eigenvalue weighted by atomic mass is 10.1. The van der Waals surface area contributed by atoms with Gasteiger partial charge in [0.05, 0.1) is 6.10 Å². The number of nitrogens with zero attached hydrogens (tertiary/aromatic N) is 1. The number of carbonyl (C=O) groups excluding carboxylic acids is 1. The molecule has 5 nitrogen and oxygen atoms in total. The number of alkyl halides is 1. The first-order valence-electron chi connectivity index (χ1n) is 7.80. The highest BCUT2D eigenvalue weighted by molar-refractivity contribution is 5.78. The number of halogens is 1. The highest BCUT2D eigenvalue weighted by Gasteiger charge is 2.30. The molecule has 1 amide bonds. The Bertz CT molecular complexity index is 518. The Labute approximate surface area is 136 Å². The number of carbonyl (C=O) groups is 1. The molecule has 2 rings (SSSR count). The van der Waals surface area contributed by atoms with Gasteiger partial charge in [0.25, 0.3) is 5.91 Å². The van der Waals surface area contributed by atoms with Crippen LogP contribution in [0.2, 0.25) is 0 Å². The zero-order chi connectivity index (χ0) is 17.0. The number of amides is 1. The molecule has 1 aliphatic heterocycles. The van der Waals surface area contributed by atoms with E-state index < -0.39 is 12.3 Å². The van der Waals surface area contributed by atoms with E-state index in [9.17, 15) is 14.3 Å². The molecule has 128 valence electrons. The first-order valence-corrected chi connectivity index (χ1v) is 7.80. The summed E-state index contributed by atoms with van der Waals surface area (Å²) in [5, 5.41) is 12.2. The van der Waals surface area contributed by atoms with Gasteiger partial charge in [-0.2, -0.15) is 0 Å². The van der Waals surface area contributed by atoms with Gasteiger partial charge < -0.3 is 15.2 Å². The molecule has 23 heavy (non-hydrogen) atoms.